The lowest BCUT2D eigenvalue weighted by atomic mass is 9.95. The number of hydrogen-bond donors (Lipinski definition) is 1. The van der Waals surface area contributed by atoms with E-state index >= 15 is 0 Å². The summed E-state index contributed by atoms with van der Waals surface area (Å²) in [4.78, 5) is 17.0. The van der Waals surface area contributed by atoms with Gasteiger partial charge in [0.2, 0.25) is 15.9 Å². The number of sulfonamides is 1. The normalized spacial score (nSPS) is 16.1. The molecule has 0 atom stereocenters. The molecule has 1 saturated heterocycles. The van der Waals surface area contributed by atoms with E-state index in [0.717, 1.165) is 40.9 Å². The van der Waals surface area contributed by atoms with Gasteiger partial charge in [-0.05, 0) is 76.3 Å². The second-order valence-electron chi connectivity index (χ2n) is 8.11. The SMILES string of the molecule is Cc1c(C)c(C)c(S(=O)(=O)NCCC(=O)N2CCN(C(C)C)CC2)c(C)c1C. The molecule has 1 aliphatic heterocycles. The molecule has 1 aromatic carbocycles. The van der Waals surface area contributed by atoms with Crippen molar-refractivity contribution in [2.75, 3.05) is 32.7 Å². The summed E-state index contributed by atoms with van der Waals surface area (Å²) in [6.07, 6.45) is 0.183. The number of hydrogen-bond acceptors (Lipinski definition) is 4. The summed E-state index contributed by atoms with van der Waals surface area (Å²) in [5, 5.41) is 0. The Bertz CT molecular complexity index is 810. The lowest BCUT2D eigenvalue weighted by Gasteiger charge is -2.37. The zero-order chi connectivity index (χ0) is 21.2. The molecular formula is C21H35N3O3S. The number of carbonyl (C=O) groups excluding carboxylic acids is 1. The molecular weight excluding hydrogens is 374 g/mol. The Morgan fingerprint density at radius 1 is 0.893 bits per heavy atom. The molecule has 158 valence electrons. The predicted molar refractivity (Wildman–Crippen MR) is 113 cm³/mol. The van der Waals surface area contributed by atoms with Gasteiger partial charge in [0.05, 0.1) is 4.90 Å². The standard InChI is InChI=1S/C21H35N3O3S/c1-14(2)23-10-12-24(13-11-23)20(25)8-9-22-28(26,27)21-18(6)16(4)15(3)17(5)19(21)7/h14,22H,8-13H2,1-7H3. The molecule has 0 bridgehead atoms. The number of piperazine rings is 1. The fraction of sp³-hybridized carbons (Fsp3) is 0.667. The minimum Gasteiger partial charge on any atom is -0.340 e. The topological polar surface area (TPSA) is 69.7 Å². The number of amides is 1. The highest BCUT2D eigenvalue weighted by atomic mass is 32.2. The van der Waals surface area contributed by atoms with Crippen molar-refractivity contribution in [2.45, 2.75) is 65.8 Å². The summed E-state index contributed by atoms with van der Waals surface area (Å²) >= 11 is 0. The number of nitrogens with one attached hydrogen (secondary N) is 1. The van der Waals surface area contributed by atoms with Gasteiger partial charge in [0.25, 0.3) is 0 Å². The Balaban J connectivity index is 2.01. The van der Waals surface area contributed by atoms with E-state index in [1.165, 1.54) is 0 Å². The summed E-state index contributed by atoms with van der Waals surface area (Å²) in [7, 11) is -3.66. The van der Waals surface area contributed by atoms with Gasteiger partial charge in [-0.25, -0.2) is 13.1 Å². The van der Waals surface area contributed by atoms with Crippen LogP contribution in [-0.4, -0.2) is 62.9 Å². The van der Waals surface area contributed by atoms with Crippen LogP contribution in [0.1, 0.15) is 48.1 Å². The van der Waals surface area contributed by atoms with Gasteiger partial charge in [-0.1, -0.05) is 0 Å². The molecule has 1 aromatic rings. The van der Waals surface area contributed by atoms with E-state index in [4.69, 9.17) is 0 Å². The second-order valence-corrected chi connectivity index (χ2v) is 9.82. The Morgan fingerprint density at radius 3 is 1.82 bits per heavy atom. The zero-order valence-electron chi connectivity index (χ0n) is 18.3. The Morgan fingerprint density at radius 2 is 1.36 bits per heavy atom. The van der Waals surface area contributed by atoms with Crippen molar-refractivity contribution < 1.29 is 13.2 Å². The van der Waals surface area contributed by atoms with Gasteiger partial charge in [-0.2, -0.15) is 0 Å². The predicted octanol–water partition coefficient (Wildman–Crippen LogP) is 2.45. The molecule has 0 aliphatic carbocycles. The van der Waals surface area contributed by atoms with E-state index < -0.39 is 10.0 Å². The molecule has 0 aromatic heterocycles. The van der Waals surface area contributed by atoms with Gasteiger partial charge >= 0.3 is 0 Å². The highest BCUT2D eigenvalue weighted by molar-refractivity contribution is 7.89. The first kappa shape index (κ1) is 22.8. The van der Waals surface area contributed by atoms with Crippen molar-refractivity contribution in [3.05, 3.63) is 27.8 Å². The van der Waals surface area contributed by atoms with E-state index in [1.54, 1.807) is 0 Å². The maximum atomic E-state index is 12.9. The molecule has 1 heterocycles. The van der Waals surface area contributed by atoms with Crippen molar-refractivity contribution in [3.8, 4) is 0 Å². The average Bonchev–Trinajstić information content (AvgIpc) is 2.64. The third-order valence-electron chi connectivity index (χ3n) is 6.23. The highest BCUT2D eigenvalue weighted by Gasteiger charge is 2.25. The Labute approximate surface area is 170 Å². The molecule has 2 rings (SSSR count). The molecule has 28 heavy (non-hydrogen) atoms. The van der Waals surface area contributed by atoms with Crippen LogP contribution in [0.4, 0.5) is 0 Å². The molecule has 0 radical (unpaired) electrons. The van der Waals surface area contributed by atoms with Gasteiger partial charge in [-0.3, -0.25) is 9.69 Å². The number of rotatable bonds is 6. The third kappa shape index (κ3) is 4.75. The number of carbonyl (C=O) groups is 1. The van der Waals surface area contributed by atoms with Crippen molar-refractivity contribution in [1.29, 1.82) is 0 Å². The molecule has 6 nitrogen and oxygen atoms in total. The average molecular weight is 410 g/mol. The van der Waals surface area contributed by atoms with Crippen LogP contribution < -0.4 is 4.72 Å². The summed E-state index contributed by atoms with van der Waals surface area (Å²) in [5.74, 6) is 0.0100. The Hall–Kier alpha value is -1.44. The van der Waals surface area contributed by atoms with Crippen molar-refractivity contribution in [1.82, 2.24) is 14.5 Å². The molecule has 1 amide bonds. The van der Waals surface area contributed by atoms with Crippen LogP contribution in [0.25, 0.3) is 0 Å². The van der Waals surface area contributed by atoms with Crippen LogP contribution in [0.15, 0.2) is 4.90 Å². The van der Waals surface area contributed by atoms with Crippen molar-refractivity contribution in [2.24, 2.45) is 0 Å². The minimum absolute atomic E-state index is 0.0100. The van der Waals surface area contributed by atoms with Gasteiger partial charge in [0.1, 0.15) is 0 Å². The molecule has 0 unspecified atom stereocenters. The van der Waals surface area contributed by atoms with Crippen LogP contribution in [0.5, 0.6) is 0 Å². The quantitative estimate of drug-likeness (QED) is 0.784. The van der Waals surface area contributed by atoms with Crippen LogP contribution >= 0.6 is 0 Å². The van der Waals surface area contributed by atoms with E-state index in [9.17, 15) is 13.2 Å². The maximum absolute atomic E-state index is 12.9. The fourth-order valence-corrected chi connectivity index (χ4v) is 5.51. The van der Waals surface area contributed by atoms with E-state index in [-0.39, 0.29) is 18.9 Å². The molecule has 0 spiro atoms. The van der Waals surface area contributed by atoms with E-state index in [2.05, 4.69) is 23.5 Å². The highest BCUT2D eigenvalue weighted by Crippen LogP contribution is 2.29. The summed E-state index contributed by atoms with van der Waals surface area (Å²) < 4.78 is 28.5. The maximum Gasteiger partial charge on any atom is 0.241 e. The van der Waals surface area contributed by atoms with Gasteiger partial charge in [0.15, 0.2) is 0 Å². The molecule has 1 aliphatic rings. The van der Waals surface area contributed by atoms with Crippen LogP contribution in [0.2, 0.25) is 0 Å². The lowest BCUT2D eigenvalue weighted by molar-refractivity contribution is -0.133. The first-order chi connectivity index (χ1) is 13.0. The molecule has 7 heteroatoms. The second kappa shape index (κ2) is 8.93. The van der Waals surface area contributed by atoms with Gasteiger partial charge in [0, 0.05) is 45.2 Å². The van der Waals surface area contributed by atoms with E-state index in [0.29, 0.717) is 24.0 Å². The number of benzene rings is 1. The van der Waals surface area contributed by atoms with E-state index in [1.807, 2.05) is 39.5 Å². The fourth-order valence-electron chi connectivity index (χ4n) is 3.88. The molecule has 1 fully saturated rings. The van der Waals surface area contributed by atoms with Gasteiger partial charge < -0.3 is 4.90 Å². The molecule has 0 saturated carbocycles. The van der Waals surface area contributed by atoms with Crippen molar-refractivity contribution >= 4 is 15.9 Å². The van der Waals surface area contributed by atoms with Crippen LogP contribution in [0, 0.1) is 34.6 Å². The van der Waals surface area contributed by atoms with Crippen LogP contribution in [-0.2, 0) is 14.8 Å². The monoisotopic (exact) mass is 409 g/mol. The largest absolute Gasteiger partial charge is 0.340 e. The zero-order valence-corrected chi connectivity index (χ0v) is 19.2. The number of nitrogens with zero attached hydrogens (tertiary/aromatic N) is 2. The smallest absolute Gasteiger partial charge is 0.241 e. The summed E-state index contributed by atoms with van der Waals surface area (Å²) in [5.41, 5.74) is 4.70. The summed E-state index contributed by atoms with van der Waals surface area (Å²) in [6, 6.07) is 0.483. The minimum atomic E-state index is -3.66. The Kier molecular flexibility index (Phi) is 7.28. The lowest BCUT2D eigenvalue weighted by Crippen LogP contribution is -2.51. The summed E-state index contributed by atoms with van der Waals surface area (Å²) in [6.45, 7) is 17.2. The van der Waals surface area contributed by atoms with Crippen molar-refractivity contribution in [3.63, 3.8) is 0 Å². The first-order valence-corrected chi connectivity index (χ1v) is 11.5. The molecule has 1 N–H and O–H groups in total. The van der Waals surface area contributed by atoms with Gasteiger partial charge in [-0.15, -0.1) is 0 Å². The van der Waals surface area contributed by atoms with Crippen LogP contribution in [0.3, 0.4) is 0 Å². The third-order valence-corrected chi connectivity index (χ3v) is 7.96. The first-order valence-electron chi connectivity index (χ1n) is 10.1.